The maximum absolute atomic E-state index is 13.4. The highest BCUT2D eigenvalue weighted by atomic mass is 19.2. The monoisotopic (exact) mass is 240 g/mol. The fourth-order valence-electron chi connectivity index (χ4n) is 1.27. The maximum Gasteiger partial charge on any atom is 0.295 e. The summed E-state index contributed by atoms with van der Waals surface area (Å²) in [7, 11) is 0. The number of terminal acetylenes is 1. The van der Waals surface area contributed by atoms with Gasteiger partial charge in [0.15, 0.2) is 17.3 Å². The van der Waals surface area contributed by atoms with E-state index < -0.39 is 34.0 Å². The van der Waals surface area contributed by atoms with Crippen LogP contribution >= 0.6 is 0 Å². The first-order valence-corrected chi connectivity index (χ1v) is 4.86. The fraction of sp³-hybridized carbons (Fsp3) is 0.273. The molecule has 90 valence electrons. The number of nitrogens with one attached hydrogen (secondary N) is 1. The van der Waals surface area contributed by atoms with Gasteiger partial charge < -0.3 is 5.32 Å². The molecule has 1 aromatic rings. The van der Waals surface area contributed by atoms with Crippen molar-refractivity contribution in [2.45, 2.75) is 19.4 Å². The average Bonchev–Trinajstić information content (AvgIpc) is 2.30. The van der Waals surface area contributed by atoms with Gasteiger partial charge in [-0.05, 0) is 12.5 Å². The second-order valence-corrected chi connectivity index (χ2v) is 3.28. The SMILES string of the molecule is C#CC(CC)Nc1c([N+](=O)[O-])ccc(F)c1F. The smallest absolute Gasteiger partial charge is 0.295 e. The molecule has 0 amide bonds. The van der Waals surface area contributed by atoms with Gasteiger partial charge in [-0.25, -0.2) is 8.78 Å². The minimum absolute atomic E-state index is 0.434. The average molecular weight is 240 g/mol. The van der Waals surface area contributed by atoms with E-state index in [2.05, 4.69) is 11.2 Å². The van der Waals surface area contributed by atoms with Gasteiger partial charge in [0.05, 0.1) is 11.0 Å². The number of nitro groups is 1. The second-order valence-electron chi connectivity index (χ2n) is 3.28. The summed E-state index contributed by atoms with van der Waals surface area (Å²) in [6.45, 7) is 1.72. The molecule has 0 heterocycles. The Hall–Kier alpha value is -2.16. The first-order chi connectivity index (χ1) is 8.01. The third kappa shape index (κ3) is 2.69. The molecule has 1 N–H and O–H groups in total. The van der Waals surface area contributed by atoms with Gasteiger partial charge in [-0.2, -0.15) is 0 Å². The summed E-state index contributed by atoms with van der Waals surface area (Å²) in [6.07, 6.45) is 5.58. The van der Waals surface area contributed by atoms with Gasteiger partial charge in [-0.15, -0.1) is 6.42 Å². The maximum atomic E-state index is 13.4. The molecule has 0 bridgehead atoms. The molecule has 1 unspecified atom stereocenters. The molecule has 0 aliphatic carbocycles. The Kier molecular flexibility index (Phi) is 3.99. The first kappa shape index (κ1) is 12.9. The Labute approximate surface area is 96.8 Å². The molecule has 6 heteroatoms. The molecule has 0 radical (unpaired) electrons. The second kappa shape index (κ2) is 5.25. The molecule has 0 fully saturated rings. The normalized spacial score (nSPS) is 11.6. The predicted molar refractivity (Wildman–Crippen MR) is 59.5 cm³/mol. The molecule has 1 aromatic carbocycles. The summed E-state index contributed by atoms with van der Waals surface area (Å²) in [5.74, 6) is -0.170. The number of benzene rings is 1. The van der Waals surface area contributed by atoms with Crippen LogP contribution in [0.5, 0.6) is 0 Å². The Bertz CT molecular complexity index is 483. The zero-order valence-corrected chi connectivity index (χ0v) is 9.04. The highest BCUT2D eigenvalue weighted by molar-refractivity contribution is 5.63. The summed E-state index contributed by atoms with van der Waals surface area (Å²) < 4.78 is 26.4. The van der Waals surface area contributed by atoms with Gasteiger partial charge in [0.2, 0.25) is 0 Å². The number of anilines is 1. The third-order valence-corrected chi connectivity index (χ3v) is 2.20. The van der Waals surface area contributed by atoms with Crippen molar-refractivity contribution in [1.29, 1.82) is 0 Å². The lowest BCUT2D eigenvalue weighted by Gasteiger charge is -2.13. The summed E-state index contributed by atoms with van der Waals surface area (Å²) in [6, 6.07) is 1.00. The van der Waals surface area contributed by atoms with Crippen LogP contribution in [-0.4, -0.2) is 11.0 Å². The van der Waals surface area contributed by atoms with Crippen LogP contribution in [0, 0.1) is 34.1 Å². The first-order valence-electron chi connectivity index (χ1n) is 4.86. The van der Waals surface area contributed by atoms with Crippen molar-refractivity contribution in [1.82, 2.24) is 0 Å². The quantitative estimate of drug-likeness (QED) is 0.500. The zero-order chi connectivity index (χ0) is 13.0. The van der Waals surface area contributed by atoms with Crippen LogP contribution in [0.2, 0.25) is 0 Å². The molecule has 4 nitrogen and oxygen atoms in total. The lowest BCUT2D eigenvalue weighted by Crippen LogP contribution is -2.18. The lowest BCUT2D eigenvalue weighted by atomic mass is 10.2. The number of nitrogens with zero attached hydrogens (tertiary/aromatic N) is 1. The molecular formula is C11H10F2N2O2. The van der Waals surface area contributed by atoms with Gasteiger partial charge >= 0.3 is 0 Å². The standard InChI is InChI=1S/C11H10F2N2O2/c1-3-7(4-2)14-11-9(15(16)17)6-5-8(12)10(11)13/h1,5-7,14H,4H2,2H3. The van der Waals surface area contributed by atoms with Crippen molar-refractivity contribution >= 4 is 11.4 Å². The highest BCUT2D eigenvalue weighted by Crippen LogP contribution is 2.29. The number of halogens is 2. The number of hydrogen-bond donors (Lipinski definition) is 1. The van der Waals surface area contributed by atoms with Crippen molar-refractivity contribution in [3.05, 3.63) is 33.9 Å². The van der Waals surface area contributed by atoms with Gasteiger partial charge in [0.25, 0.3) is 5.69 Å². The molecule has 17 heavy (non-hydrogen) atoms. The molecule has 1 atom stereocenters. The lowest BCUT2D eigenvalue weighted by molar-refractivity contribution is -0.384. The summed E-state index contributed by atoms with van der Waals surface area (Å²) in [5.41, 5.74) is -1.06. The Balaban J connectivity index is 3.24. The third-order valence-electron chi connectivity index (χ3n) is 2.20. The van der Waals surface area contributed by atoms with Gasteiger partial charge in [0.1, 0.15) is 0 Å². The van der Waals surface area contributed by atoms with E-state index in [0.29, 0.717) is 12.5 Å². The van der Waals surface area contributed by atoms with Crippen molar-refractivity contribution in [3.63, 3.8) is 0 Å². The van der Waals surface area contributed by atoms with E-state index in [4.69, 9.17) is 6.42 Å². The van der Waals surface area contributed by atoms with Crippen molar-refractivity contribution in [2.75, 3.05) is 5.32 Å². The van der Waals surface area contributed by atoms with Crippen molar-refractivity contribution < 1.29 is 13.7 Å². The fourth-order valence-corrected chi connectivity index (χ4v) is 1.27. The molecule has 1 rings (SSSR count). The molecule has 0 aliphatic heterocycles. The van der Waals surface area contributed by atoms with E-state index in [1.165, 1.54) is 0 Å². The van der Waals surface area contributed by atoms with Crippen LogP contribution in [-0.2, 0) is 0 Å². The number of hydrogen-bond acceptors (Lipinski definition) is 3. The van der Waals surface area contributed by atoms with E-state index in [-0.39, 0.29) is 0 Å². The van der Waals surface area contributed by atoms with E-state index in [0.717, 1.165) is 6.07 Å². The van der Waals surface area contributed by atoms with Crippen LogP contribution in [0.4, 0.5) is 20.2 Å². The molecule has 0 aliphatic rings. The van der Waals surface area contributed by atoms with E-state index >= 15 is 0 Å². The van der Waals surface area contributed by atoms with Crippen LogP contribution in [0.15, 0.2) is 12.1 Å². The van der Waals surface area contributed by atoms with Gasteiger partial charge in [0, 0.05) is 6.07 Å². The van der Waals surface area contributed by atoms with Gasteiger partial charge in [-0.3, -0.25) is 10.1 Å². The number of rotatable bonds is 4. The molecule has 0 saturated heterocycles. The van der Waals surface area contributed by atoms with Crippen LogP contribution in [0.25, 0.3) is 0 Å². The largest absolute Gasteiger partial charge is 0.364 e. The van der Waals surface area contributed by atoms with Crippen LogP contribution in [0.3, 0.4) is 0 Å². The van der Waals surface area contributed by atoms with Gasteiger partial charge in [-0.1, -0.05) is 12.8 Å². The summed E-state index contributed by atoms with van der Waals surface area (Å²) in [4.78, 5) is 9.87. The number of nitro benzene ring substituents is 1. The topological polar surface area (TPSA) is 55.2 Å². The minimum Gasteiger partial charge on any atom is -0.364 e. The molecule has 0 spiro atoms. The predicted octanol–water partition coefficient (Wildman–Crippen LogP) is 2.70. The highest BCUT2D eigenvalue weighted by Gasteiger charge is 2.22. The van der Waals surface area contributed by atoms with Crippen LogP contribution < -0.4 is 5.32 Å². The summed E-state index contributed by atoms with van der Waals surface area (Å²) in [5, 5.41) is 13.1. The summed E-state index contributed by atoms with van der Waals surface area (Å²) >= 11 is 0. The Morgan fingerprint density at radius 2 is 2.24 bits per heavy atom. The van der Waals surface area contributed by atoms with E-state index in [1.807, 2.05) is 0 Å². The molecule has 0 aromatic heterocycles. The van der Waals surface area contributed by atoms with E-state index in [9.17, 15) is 18.9 Å². The molecular weight excluding hydrogens is 230 g/mol. The van der Waals surface area contributed by atoms with E-state index in [1.54, 1.807) is 6.92 Å². The Morgan fingerprint density at radius 3 is 2.71 bits per heavy atom. The zero-order valence-electron chi connectivity index (χ0n) is 9.04. The van der Waals surface area contributed by atoms with Crippen LogP contribution in [0.1, 0.15) is 13.3 Å². The Morgan fingerprint density at radius 1 is 1.59 bits per heavy atom. The minimum atomic E-state index is -1.30. The molecule has 0 saturated carbocycles. The van der Waals surface area contributed by atoms with Crippen molar-refractivity contribution in [3.8, 4) is 12.3 Å². The van der Waals surface area contributed by atoms with Crippen molar-refractivity contribution in [2.24, 2.45) is 0 Å².